The van der Waals surface area contributed by atoms with Crippen LogP contribution in [0, 0.1) is 27.7 Å². The van der Waals surface area contributed by atoms with Crippen molar-refractivity contribution < 1.29 is 14.6 Å². The van der Waals surface area contributed by atoms with Crippen molar-refractivity contribution in [2.24, 2.45) is 5.73 Å². The number of carboxylic acids is 1. The number of aliphatic carboxylic acids is 1. The molecule has 4 heteroatoms. The van der Waals surface area contributed by atoms with E-state index in [2.05, 4.69) is 6.07 Å². The van der Waals surface area contributed by atoms with Crippen molar-refractivity contribution >= 4 is 5.97 Å². The lowest BCUT2D eigenvalue weighted by molar-refractivity contribution is -0.138. The summed E-state index contributed by atoms with van der Waals surface area (Å²) in [6.07, 6.45) is 0. The first-order valence-electron chi connectivity index (χ1n) is 11.1. The highest BCUT2D eigenvalue weighted by Crippen LogP contribution is 2.32. The molecule has 0 fully saturated rings. The highest BCUT2D eigenvalue weighted by Gasteiger charge is 2.17. The monoisotopic (exact) mass is 419 g/mol. The van der Waals surface area contributed by atoms with Gasteiger partial charge in [-0.3, -0.25) is 4.79 Å². The molecule has 0 aromatic heterocycles. The van der Waals surface area contributed by atoms with Gasteiger partial charge in [0.05, 0.1) is 0 Å². The quantitative estimate of drug-likeness (QED) is 0.528. The molecule has 0 bridgehead atoms. The summed E-state index contributed by atoms with van der Waals surface area (Å²) >= 11 is 0. The zero-order chi connectivity index (χ0) is 24.4. The Labute approximate surface area is 185 Å². The standard InChI is InChI=1S/C18H21NO3.4C2H6/c1-10-5-11(2)7-15(6-10)22-17-12(3)8-14(9-13(17)4)16(19)18(20)21;4*1-2/h5-9,16H,19H2,1-4H3,(H,20,21);4*1-2H3. The molecule has 0 aliphatic heterocycles. The molecule has 0 saturated heterocycles. The van der Waals surface area contributed by atoms with E-state index in [1.807, 2.05) is 95.2 Å². The van der Waals surface area contributed by atoms with E-state index in [9.17, 15) is 4.79 Å². The Morgan fingerprint density at radius 2 is 1.13 bits per heavy atom. The fraction of sp³-hybridized carbons (Fsp3) is 0.500. The topological polar surface area (TPSA) is 72.5 Å². The molecular weight excluding hydrogens is 374 g/mol. The Hall–Kier alpha value is -2.33. The summed E-state index contributed by atoms with van der Waals surface area (Å²) in [4.78, 5) is 11.0. The number of nitrogens with two attached hydrogens (primary N) is 1. The Morgan fingerprint density at radius 3 is 1.47 bits per heavy atom. The fourth-order valence-corrected chi connectivity index (χ4v) is 2.58. The highest BCUT2D eigenvalue weighted by molar-refractivity contribution is 5.75. The van der Waals surface area contributed by atoms with Crippen molar-refractivity contribution in [3.8, 4) is 11.5 Å². The molecule has 30 heavy (non-hydrogen) atoms. The summed E-state index contributed by atoms with van der Waals surface area (Å²) in [6.45, 7) is 23.8. The van der Waals surface area contributed by atoms with Crippen LogP contribution in [0.15, 0.2) is 30.3 Å². The zero-order valence-corrected chi connectivity index (χ0v) is 21.3. The summed E-state index contributed by atoms with van der Waals surface area (Å²) in [5, 5.41) is 9.03. The molecule has 2 rings (SSSR count). The van der Waals surface area contributed by atoms with Crippen LogP contribution in [0.25, 0.3) is 0 Å². The molecule has 2 aromatic rings. The highest BCUT2D eigenvalue weighted by atomic mass is 16.5. The third-order valence-corrected chi connectivity index (χ3v) is 3.52. The summed E-state index contributed by atoms with van der Waals surface area (Å²) in [5.41, 5.74) is 10.3. The van der Waals surface area contributed by atoms with E-state index in [0.29, 0.717) is 5.56 Å². The largest absolute Gasteiger partial charge is 0.480 e. The smallest absolute Gasteiger partial charge is 0.325 e. The second kappa shape index (κ2) is 18.7. The van der Waals surface area contributed by atoms with Crippen LogP contribution in [0.3, 0.4) is 0 Å². The number of ether oxygens (including phenoxy) is 1. The zero-order valence-electron chi connectivity index (χ0n) is 21.3. The Bertz CT molecular complexity index is 681. The van der Waals surface area contributed by atoms with E-state index in [1.165, 1.54) is 0 Å². The summed E-state index contributed by atoms with van der Waals surface area (Å²) < 4.78 is 6.01. The second-order valence-electron chi connectivity index (χ2n) is 5.73. The summed E-state index contributed by atoms with van der Waals surface area (Å²) in [7, 11) is 0. The van der Waals surface area contributed by atoms with E-state index in [0.717, 1.165) is 33.8 Å². The number of aryl methyl sites for hydroxylation is 4. The van der Waals surface area contributed by atoms with Gasteiger partial charge in [0.1, 0.15) is 17.5 Å². The molecular formula is C26H45NO3. The first-order valence-corrected chi connectivity index (χ1v) is 11.1. The number of hydrogen-bond donors (Lipinski definition) is 2. The van der Waals surface area contributed by atoms with Gasteiger partial charge in [-0.2, -0.15) is 0 Å². The molecule has 0 amide bonds. The molecule has 0 aliphatic rings. The van der Waals surface area contributed by atoms with E-state index in [-0.39, 0.29) is 0 Å². The van der Waals surface area contributed by atoms with Crippen LogP contribution in [0.5, 0.6) is 11.5 Å². The Balaban J connectivity index is -0.000000815. The van der Waals surface area contributed by atoms with Gasteiger partial charge >= 0.3 is 5.97 Å². The lowest BCUT2D eigenvalue weighted by atomic mass is 10.0. The number of carboxylic acid groups (broad SMARTS) is 1. The predicted octanol–water partition coefficient (Wildman–Crippen LogP) is 7.90. The van der Waals surface area contributed by atoms with Crippen molar-refractivity contribution in [1.29, 1.82) is 0 Å². The fourth-order valence-electron chi connectivity index (χ4n) is 2.58. The molecule has 0 aliphatic carbocycles. The van der Waals surface area contributed by atoms with Gasteiger partial charge in [-0.05, 0) is 67.6 Å². The molecule has 4 nitrogen and oxygen atoms in total. The Kier molecular flexibility index (Phi) is 20.1. The number of hydrogen-bond acceptors (Lipinski definition) is 3. The van der Waals surface area contributed by atoms with Crippen molar-refractivity contribution in [3.63, 3.8) is 0 Å². The van der Waals surface area contributed by atoms with Gasteiger partial charge < -0.3 is 15.6 Å². The summed E-state index contributed by atoms with van der Waals surface area (Å²) in [6, 6.07) is 8.55. The third kappa shape index (κ3) is 11.0. The van der Waals surface area contributed by atoms with Crippen molar-refractivity contribution in [2.75, 3.05) is 0 Å². The lowest BCUT2D eigenvalue weighted by Gasteiger charge is -2.16. The molecule has 1 unspecified atom stereocenters. The van der Waals surface area contributed by atoms with E-state index in [1.54, 1.807) is 12.1 Å². The van der Waals surface area contributed by atoms with Crippen LogP contribution in [-0.2, 0) is 4.79 Å². The maximum atomic E-state index is 11.0. The van der Waals surface area contributed by atoms with Crippen LogP contribution < -0.4 is 10.5 Å². The first kappa shape index (κ1) is 32.3. The van der Waals surface area contributed by atoms with E-state index < -0.39 is 12.0 Å². The van der Waals surface area contributed by atoms with Gasteiger partial charge in [-0.25, -0.2) is 0 Å². The molecule has 1 atom stereocenters. The van der Waals surface area contributed by atoms with Gasteiger partial charge in [0.25, 0.3) is 0 Å². The third-order valence-electron chi connectivity index (χ3n) is 3.52. The van der Waals surface area contributed by atoms with Gasteiger partial charge in [0.2, 0.25) is 0 Å². The van der Waals surface area contributed by atoms with Crippen molar-refractivity contribution in [1.82, 2.24) is 0 Å². The minimum absolute atomic E-state index is 0.579. The van der Waals surface area contributed by atoms with Crippen LogP contribution in [0.2, 0.25) is 0 Å². The second-order valence-corrected chi connectivity index (χ2v) is 5.73. The van der Waals surface area contributed by atoms with Crippen LogP contribution in [0.1, 0.15) is 89.2 Å². The predicted molar refractivity (Wildman–Crippen MR) is 132 cm³/mol. The van der Waals surface area contributed by atoms with Gasteiger partial charge in [-0.15, -0.1) is 0 Å². The average Bonchev–Trinajstić information content (AvgIpc) is 2.75. The van der Waals surface area contributed by atoms with Crippen LogP contribution in [-0.4, -0.2) is 11.1 Å². The molecule has 0 heterocycles. The molecule has 172 valence electrons. The van der Waals surface area contributed by atoms with Crippen molar-refractivity contribution in [3.05, 3.63) is 58.1 Å². The molecule has 2 aromatic carbocycles. The lowest BCUT2D eigenvalue weighted by Crippen LogP contribution is -2.20. The van der Waals surface area contributed by atoms with Gasteiger partial charge in [-0.1, -0.05) is 73.6 Å². The average molecular weight is 420 g/mol. The maximum absolute atomic E-state index is 11.0. The molecule has 0 spiro atoms. The maximum Gasteiger partial charge on any atom is 0.325 e. The van der Waals surface area contributed by atoms with E-state index in [4.69, 9.17) is 15.6 Å². The van der Waals surface area contributed by atoms with Crippen molar-refractivity contribution in [2.45, 2.75) is 89.1 Å². The minimum Gasteiger partial charge on any atom is -0.480 e. The summed E-state index contributed by atoms with van der Waals surface area (Å²) in [5.74, 6) is 0.479. The number of rotatable bonds is 4. The SMILES string of the molecule is CC.CC.CC.CC.Cc1cc(C)cc(Oc2c(C)cc(C(N)C(=O)O)cc2C)c1. The minimum atomic E-state index is -1.04. The first-order chi connectivity index (χ1) is 14.3. The van der Waals surface area contributed by atoms with Crippen LogP contribution >= 0.6 is 0 Å². The van der Waals surface area contributed by atoms with Crippen LogP contribution in [0.4, 0.5) is 0 Å². The van der Waals surface area contributed by atoms with Gasteiger partial charge in [0, 0.05) is 0 Å². The van der Waals surface area contributed by atoms with E-state index >= 15 is 0 Å². The normalized spacial score (nSPS) is 9.63. The number of carbonyl (C=O) groups is 1. The molecule has 0 radical (unpaired) electrons. The Morgan fingerprint density at radius 1 is 0.767 bits per heavy atom. The molecule has 0 saturated carbocycles. The van der Waals surface area contributed by atoms with Gasteiger partial charge in [0.15, 0.2) is 0 Å². The molecule has 3 N–H and O–H groups in total. The number of benzene rings is 2.